The van der Waals surface area contributed by atoms with Gasteiger partial charge in [0, 0.05) is 23.9 Å². The Morgan fingerprint density at radius 1 is 1.00 bits per heavy atom. The highest BCUT2D eigenvalue weighted by Crippen LogP contribution is 2.30. The van der Waals surface area contributed by atoms with Gasteiger partial charge in [-0.25, -0.2) is 0 Å². The number of hydrogen-bond acceptors (Lipinski definition) is 5. The normalized spacial score (nSPS) is 11.3. The van der Waals surface area contributed by atoms with E-state index in [9.17, 15) is 18.0 Å². The number of rotatable bonds is 11. The molecule has 2 rings (SSSR count). The Labute approximate surface area is 179 Å². The molecule has 0 saturated heterocycles. The molecule has 2 aromatic rings. The molecule has 1 N–H and O–H groups in total. The minimum atomic E-state index is -4.42. The van der Waals surface area contributed by atoms with Crippen molar-refractivity contribution in [3.05, 3.63) is 48.0 Å². The van der Waals surface area contributed by atoms with E-state index in [1.807, 2.05) is 0 Å². The van der Waals surface area contributed by atoms with Gasteiger partial charge in [-0.2, -0.15) is 13.2 Å². The third-order valence-corrected chi connectivity index (χ3v) is 4.50. The molecule has 31 heavy (non-hydrogen) atoms. The Balaban J connectivity index is 2.00. The molecule has 2 aromatic carbocycles. The molecule has 0 spiro atoms. The molecule has 6 nitrogen and oxygen atoms in total. The Hall–Kier alpha value is -2.94. The molecule has 0 aliphatic heterocycles. The molecule has 0 aliphatic rings. The van der Waals surface area contributed by atoms with Crippen molar-refractivity contribution < 1.29 is 32.2 Å². The molecular formula is C22H27F3N2O4. The summed E-state index contributed by atoms with van der Waals surface area (Å²) >= 11 is 0. The third kappa shape index (κ3) is 8.01. The summed E-state index contributed by atoms with van der Waals surface area (Å²) in [4.78, 5) is 14.7. The van der Waals surface area contributed by atoms with Crippen molar-refractivity contribution in [2.75, 3.05) is 45.3 Å². The molecule has 1 amide bonds. The molecule has 0 atom stereocenters. The molecule has 0 radical (unpaired) electrons. The van der Waals surface area contributed by atoms with Gasteiger partial charge in [0.1, 0.15) is 12.4 Å². The highest BCUT2D eigenvalue weighted by molar-refractivity contribution is 6.04. The van der Waals surface area contributed by atoms with Crippen LogP contribution in [0.4, 0.5) is 18.9 Å². The number of nitrogens with zero attached hydrogens (tertiary/aromatic N) is 1. The van der Waals surface area contributed by atoms with Crippen molar-refractivity contribution in [1.82, 2.24) is 4.90 Å². The number of amides is 1. The smallest absolute Gasteiger partial charge is 0.422 e. The van der Waals surface area contributed by atoms with Crippen LogP contribution in [0.15, 0.2) is 42.5 Å². The second kappa shape index (κ2) is 11.5. The lowest BCUT2D eigenvalue weighted by Crippen LogP contribution is -2.28. The average molecular weight is 440 g/mol. The van der Waals surface area contributed by atoms with Crippen LogP contribution in [0.5, 0.6) is 17.2 Å². The van der Waals surface area contributed by atoms with Crippen LogP contribution in [0.1, 0.15) is 24.2 Å². The minimum Gasteiger partial charge on any atom is -0.493 e. The van der Waals surface area contributed by atoms with Crippen molar-refractivity contribution >= 4 is 11.6 Å². The summed E-state index contributed by atoms with van der Waals surface area (Å²) in [5.41, 5.74) is 0.778. The fourth-order valence-electron chi connectivity index (χ4n) is 2.76. The Bertz CT molecular complexity index is 838. The molecule has 0 aromatic heterocycles. The summed E-state index contributed by atoms with van der Waals surface area (Å²) in [5.74, 6) is 0.663. The molecule has 170 valence electrons. The number of nitrogens with one attached hydrogen (secondary N) is 1. The maximum Gasteiger partial charge on any atom is 0.422 e. The van der Waals surface area contributed by atoms with Gasteiger partial charge in [0.25, 0.3) is 5.91 Å². The standard InChI is InChI=1S/C22H27F3N2O4/c1-4-27(5-2)12-13-30-20-14-17(8-11-19(20)29-3)26-21(28)16-6-9-18(10-7-16)31-15-22(23,24)25/h6-11,14H,4-5,12-13,15H2,1-3H3,(H,26,28). The van der Waals surface area contributed by atoms with Crippen molar-refractivity contribution in [2.45, 2.75) is 20.0 Å². The minimum absolute atomic E-state index is 0.0298. The number of ether oxygens (including phenoxy) is 3. The van der Waals surface area contributed by atoms with Crippen LogP contribution in [0.3, 0.4) is 0 Å². The number of methoxy groups -OCH3 is 1. The summed E-state index contributed by atoms with van der Waals surface area (Å²) in [6, 6.07) is 10.5. The van der Waals surface area contributed by atoms with Gasteiger partial charge < -0.3 is 24.4 Å². The molecule has 0 fully saturated rings. The molecular weight excluding hydrogens is 413 g/mol. The molecule has 0 saturated carbocycles. The van der Waals surface area contributed by atoms with Crippen LogP contribution >= 0.6 is 0 Å². The van der Waals surface area contributed by atoms with E-state index < -0.39 is 18.7 Å². The molecule has 0 aliphatic carbocycles. The summed E-state index contributed by atoms with van der Waals surface area (Å²) in [6.45, 7) is 5.84. The Morgan fingerprint density at radius 2 is 1.68 bits per heavy atom. The van der Waals surface area contributed by atoms with Gasteiger partial charge in [-0.1, -0.05) is 13.8 Å². The fourth-order valence-corrected chi connectivity index (χ4v) is 2.76. The number of halogens is 3. The zero-order valence-electron chi connectivity index (χ0n) is 17.8. The highest BCUT2D eigenvalue weighted by Gasteiger charge is 2.28. The first-order valence-electron chi connectivity index (χ1n) is 9.89. The number of benzene rings is 2. The van der Waals surface area contributed by atoms with Crippen molar-refractivity contribution in [1.29, 1.82) is 0 Å². The molecule has 0 unspecified atom stereocenters. The predicted octanol–water partition coefficient (Wildman–Crippen LogP) is 4.61. The van der Waals surface area contributed by atoms with Crippen molar-refractivity contribution in [3.8, 4) is 17.2 Å². The number of anilines is 1. The van der Waals surface area contributed by atoms with Crippen molar-refractivity contribution in [3.63, 3.8) is 0 Å². The van der Waals surface area contributed by atoms with Crippen LogP contribution in [-0.4, -0.2) is 56.9 Å². The Morgan fingerprint density at radius 3 is 2.26 bits per heavy atom. The number of alkyl halides is 3. The van der Waals surface area contributed by atoms with Gasteiger partial charge in [-0.05, 0) is 49.5 Å². The zero-order chi connectivity index (χ0) is 22.9. The summed E-state index contributed by atoms with van der Waals surface area (Å²) in [6.07, 6.45) is -4.42. The zero-order valence-corrected chi connectivity index (χ0v) is 17.8. The second-order valence-corrected chi connectivity index (χ2v) is 6.62. The van der Waals surface area contributed by atoms with Gasteiger partial charge in [0.15, 0.2) is 18.1 Å². The first kappa shape index (κ1) is 24.3. The second-order valence-electron chi connectivity index (χ2n) is 6.62. The number of carbonyl (C=O) groups excluding carboxylic acids is 1. The van der Waals surface area contributed by atoms with Crippen LogP contribution in [0.25, 0.3) is 0 Å². The van der Waals surface area contributed by atoms with Crippen LogP contribution in [0.2, 0.25) is 0 Å². The molecule has 0 heterocycles. The quantitative estimate of drug-likeness (QED) is 0.553. The van der Waals surface area contributed by atoms with Gasteiger partial charge in [-0.15, -0.1) is 0 Å². The van der Waals surface area contributed by atoms with E-state index in [4.69, 9.17) is 9.47 Å². The van der Waals surface area contributed by atoms with Gasteiger partial charge in [0.2, 0.25) is 0 Å². The van der Waals surface area contributed by atoms with E-state index in [1.54, 1.807) is 18.2 Å². The lowest BCUT2D eigenvalue weighted by atomic mass is 10.2. The third-order valence-electron chi connectivity index (χ3n) is 4.50. The number of carbonyl (C=O) groups is 1. The summed E-state index contributed by atoms with van der Waals surface area (Å²) in [7, 11) is 1.53. The first-order valence-corrected chi connectivity index (χ1v) is 9.89. The highest BCUT2D eigenvalue weighted by atomic mass is 19.4. The fraction of sp³-hybridized carbons (Fsp3) is 0.409. The summed E-state index contributed by atoms with van der Waals surface area (Å²) < 4.78 is 52.5. The van der Waals surface area contributed by atoms with E-state index in [2.05, 4.69) is 28.8 Å². The van der Waals surface area contributed by atoms with E-state index in [-0.39, 0.29) is 11.3 Å². The van der Waals surface area contributed by atoms with Crippen LogP contribution < -0.4 is 19.5 Å². The monoisotopic (exact) mass is 440 g/mol. The van der Waals surface area contributed by atoms with Gasteiger partial charge in [0.05, 0.1) is 7.11 Å². The van der Waals surface area contributed by atoms with E-state index in [1.165, 1.54) is 31.4 Å². The van der Waals surface area contributed by atoms with Crippen LogP contribution in [-0.2, 0) is 0 Å². The molecule has 9 heteroatoms. The lowest BCUT2D eigenvalue weighted by Gasteiger charge is -2.19. The lowest BCUT2D eigenvalue weighted by molar-refractivity contribution is -0.153. The maximum atomic E-state index is 12.5. The van der Waals surface area contributed by atoms with Crippen LogP contribution in [0, 0.1) is 0 Å². The van der Waals surface area contributed by atoms with E-state index in [0.29, 0.717) is 23.8 Å². The summed E-state index contributed by atoms with van der Waals surface area (Å²) in [5, 5.41) is 2.74. The SMILES string of the molecule is CCN(CC)CCOc1cc(NC(=O)c2ccc(OCC(F)(F)F)cc2)ccc1OC. The van der Waals surface area contributed by atoms with Crippen molar-refractivity contribution in [2.24, 2.45) is 0 Å². The van der Waals surface area contributed by atoms with E-state index in [0.717, 1.165) is 19.6 Å². The average Bonchev–Trinajstić information content (AvgIpc) is 2.75. The largest absolute Gasteiger partial charge is 0.493 e. The number of hydrogen-bond donors (Lipinski definition) is 1. The molecule has 0 bridgehead atoms. The first-order chi connectivity index (χ1) is 14.8. The maximum absolute atomic E-state index is 12.5. The van der Waals surface area contributed by atoms with Gasteiger partial charge >= 0.3 is 6.18 Å². The Kier molecular flexibility index (Phi) is 8.99. The number of likely N-dealkylation sites (N-methyl/N-ethyl adjacent to an activating group) is 1. The van der Waals surface area contributed by atoms with E-state index >= 15 is 0 Å². The van der Waals surface area contributed by atoms with Gasteiger partial charge in [-0.3, -0.25) is 4.79 Å². The predicted molar refractivity (Wildman–Crippen MR) is 112 cm³/mol. The topological polar surface area (TPSA) is 60.0 Å².